The second kappa shape index (κ2) is 5.28. The lowest BCUT2D eigenvalue weighted by Gasteiger charge is -2.12. The number of hydrogen-bond donors (Lipinski definition) is 0. The van der Waals surface area contributed by atoms with E-state index >= 15 is 0 Å². The Morgan fingerprint density at radius 3 is 2.37 bits per heavy atom. The van der Waals surface area contributed by atoms with Gasteiger partial charge in [0.15, 0.2) is 0 Å². The van der Waals surface area contributed by atoms with Crippen LogP contribution in [0, 0.1) is 11.3 Å². The number of benzene rings is 2. The molecule has 1 nitrogen and oxygen atoms in total. The van der Waals surface area contributed by atoms with Crippen LogP contribution in [0.4, 0.5) is 0 Å². The predicted molar refractivity (Wildman–Crippen MR) is 76.9 cm³/mol. The maximum absolute atomic E-state index is 8.81. The highest BCUT2D eigenvalue weighted by molar-refractivity contribution is 5.44. The van der Waals surface area contributed by atoms with Crippen molar-refractivity contribution in [2.75, 3.05) is 0 Å². The minimum atomic E-state index is 0.501. The first-order valence-electron chi connectivity index (χ1n) is 6.91. The second-order valence-electron chi connectivity index (χ2n) is 5.22. The first-order chi connectivity index (χ1) is 9.40. The zero-order chi connectivity index (χ0) is 13.1. The molecule has 0 N–H and O–H groups in total. The standard InChI is InChI=1S/C18H17N/c19-12-6-9-15-13-18(14-7-2-1-3-8-14)17-11-5-4-10-16(15)17/h1-5,7-8,10-11,15,18H,6,9,13H2. The first-order valence-corrected chi connectivity index (χ1v) is 6.91. The molecule has 1 heteroatoms. The summed E-state index contributed by atoms with van der Waals surface area (Å²) in [5.74, 6) is 1.04. The Morgan fingerprint density at radius 2 is 1.63 bits per heavy atom. The van der Waals surface area contributed by atoms with Crippen LogP contribution in [0.2, 0.25) is 0 Å². The molecule has 0 saturated heterocycles. The largest absolute Gasteiger partial charge is 0.198 e. The Bertz CT molecular complexity index is 595. The molecule has 0 heterocycles. The van der Waals surface area contributed by atoms with Crippen LogP contribution >= 0.6 is 0 Å². The number of rotatable bonds is 3. The molecule has 0 spiro atoms. The molecule has 0 aromatic heterocycles. The Balaban J connectivity index is 1.95. The van der Waals surface area contributed by atoms with Gasteiger partial charge in [-0.1, -0.05) is 54.6 Å². The van der Waals surface area contributed by atoms with Crippen LogP contribution in [0.1, 0.15) is 47.8 Å². The Labute approximate surface area is 114 Å². The van der Waals surface area contributed by atoms with Gasteiger partial charge in [0.25, 0.3) is 0 Å². The summed E-state index contributed by atoms with van der Waals surface area (Å²) in [5, 5.41) is 8.81. The van der Waals surface area contributed by atoms with E-state index in [1.54, 1.807) is 0 Å². The zero-order valence-electron chi connectivity index (χ0n) is 10.9. The van der Waals surface area contributed by atoms with Crippen molar-refractivity contribution < 1.29 is 0 Å². The molecular formula is C18H17N. The van der Waals surface area contributed by atoms with E-state index in [1.165, 1.54) is 16.7 Å². The fraction of sp³-hybridized carbons (Fsp3) is 0.278. The van der Waals surface area contributed by atoms with E-state index < -0.39 is 0 Å². The number of nitriles is 1. The Morgan fingerprint density at radius 1 is 0.947 bits per heavy atom. The van der Waals surface area contributed by atoms with Gasteiger partial charge in [0, 0.05) is 12.3 Å². The van der Waals surface area contributed by atoms with Gasteiger partial charge in [0.2, 0.25) is 0 Å². The highest BCUT2D eigenvalue weighted by Crippen LogP contribution is 2.46. The van der Waals surface area contributed by atoms with Crippen molar-refractivity contribution in [3.63, 3.8) is 0 Å². The van der Waals surface area contributed by atoms with Gasteiger partial charge in [0.05, 0.1) is 6.07 Å². The summed E-state index contributed by atoms with van der Waals surface area (Å²) < 4.78 is 0. The summed E-state index contributed by atoms with van der Waals surface area (Å²) in [6.45, 7) is 0. The molecule has 19 heavy (non-hydrogen) atoms. The van der Waals surface area contributed by atoms with Gasteiger partial charge in [-0.25, -0.2) is 0 Å². The molecule has 2 atom stereocenters. The van der Waals surface area contributed by atoms with Crippen LogP contribution in [-0.2, 0) is 0 Å². The maximum atomic E-state index is 8.81. The third-order valence-corrected chi connectivity index (χ3v) is 4.14. The highest BCUT2D eigenvalue weighted by Gasteiger charge is 2.30. The molecule has 0 fully saturated rings. The third kappa shape index (κ3) is 2.27. The third-order valence-electron chi connectivity index (χ3n) is 4.14. The molecule has 3 rings (SSSR count). The lowest BCUT2D eigenvalue weighted by Crippen LogP contribution is -1.96. The van der Waals surface area contributed by atoms with E-state index in [0.29, 0.717) is 18.3 Å². The van der Waals surface area contributed by atoms with Gasteiger partial charge in [0.1, 0.15) is 0 Å². The van der Waals surface area contributed by atoms with E-state index in [9.17, 15) is 0 Å². The fourth-order valence-electron chi connectivity index (χ4n) is 3.25. The van der Waals surface area contributed by atoms with Crippen LogP contribution < -0.4 is 0 Å². The molecule has 1 aliphatic rings. The Hall–Kier alpha value is -2.07. The van der Waals surface area contributed by atoms with Crippen LogP contribution in [0.15, 0.2) is 54.6 Å². The van der Waals surface area contributed by atoms with E-state index in [1.807, 2.05) is 0 Å². The maximum Gasteiger partial charge on any atom is 0.0621 e. The summed E-state index contributed by atoms with van der Waals surface area (Å²) in [7, 11) is 0. The molecule has 0 saturated carbocycles. The zero-order valence-corrected chi connectivity index (χ0v) is 10.9. The second-order valence-corrected chi connectivity index (χ2v) is 5.22. The molecule has 1 aliphatic carbocycles. The molecule has 2 aromatic carbocycles. The van der Waals surface area contributed by atoms with Crippen molar-refractivity contribution in [1.29, 1.82) is 5.26 Å². The molecule has 0 aliphatic heterocycles. The number of hydrogen-bond acceptors (Lipinski definition) is 1. The monoisotopic (exact) mass is 247 g/mol. The van der Waals surface area contributed by atoms with Crippen LogP contribution in [0.3, 0.4) is 0 Å². The summed E-state index contributed by atoms with van der Waals surface area (Å²) in [6, 6.07) is 21.7. The van der Waals surface area contributed by atoms with E-state index in [4.69, 9.17) is 5.26 Å². The van der Waals surface area contributed by atoms with Crippen molar-refractivity contribution in [3.8, 4) is 6.07 Å². The molecule has 0 bridgehead atoms. The molecule has 94 valence electrons. The average molecular weight is 247 g/mol. The van der Waals surface area contributed by atoms with Gasteiger partial charge < -0.3 is 0 Å². The van der Waals surface area contributed by atoms with Gasteiger partial charge >= 0.3 is 0 Å². The van der Waals surface area contributed by atoms with Crippen LogP contribution in [-0.4, -0.2) is 0 Å². The summed E-state index contributed by atoms with van der Waals surface area (Å²) in [5.41, 5.74) is 4.30. The molecule has 2 aromatic rings. The fourth-order valence-corrected chi connectivity index (χ4v) is 3.25. The van der Waals surface area contributed by atoms with Crippen molar-refractivity contribution in [3.05, 3.63) is 71.3 Å². The van der Waals surface area contributed by atoms with Crippen molar-refractivity contribution in [2.24, 2.45) is 0 Å². The van der Waals surface area contributed by atoms with Gasteiger partial charge in [-0.05, 0) is 35.4 Å². The lowest BCUT2D eigenvalue weighted by atomic mass is 9.92. The number of fused-ring (bicyclic) bond motifs is 1. The average Bonchev–Trinajstić information content (AvgIpc) is 2.85. The highest BCUT2D eigenvalue weighted by atomic mass is 14.3. The minimum absolute atomic E-state index is 0.501. The smallest absolute Gasteiger partial charge is 0.0621 e. The number of nitrogens with zero attached hydrogens (tertiary/aromatic N) is 1. The van der Waals surface area contributed by atoms with E-state index in [0.717, 1.165) is 12.8 Å². The molecule has 0 amide bonds. The topological polar surface area (TPSA) is 23.8 Å². The van der Waals surface area contributed by atoms with Crippen LogP contribution in [0.25, 0.3) is 0 Å². The SMILES string of the molecule is N#CCCC1CC(c2ccccc2)c2ccccc21. The van der Waals surface area contributed by atoms with Gasteiger partial charge in [-0.15, -0.1) is 0 Å². The van der Waals surface area contributed by atoms with Gasteiger partial charge in [-0.2, -0.15) is 5.26 Å². The molecule has 0 radical (unpaired) electrons. The van der Waals surface area contributed by atoms with Crippen molar-refractivity contribution in [2.45, 2.75) is 31.1 Å². The summed E-state index contributed by atoms with van der Waals surface area (Å²) in [4.78, 5) is 0. The normalized spacial score (nSPS) is 20.8. The molecule has 2 unspecified atom stereocenters. The van der Waals surface area contributed by atoms with Gasteiger partial charge in [-0.3, -0.25) is 0 Å². The lowest BCUT2D eigenvalue weighted by molar-refractivity contribution is 0.599. The minimum Gasteiger partial charge on any atom is -0.198 e. The predicted octanol–water partition coefficient (Wildman–Crippen LogP) is 4.61. The summed E-state index contributed by atoms with van der Waals surface area (Å²) in [6.07, 6.45) is 2.78. The first kappa shape index (κ1) is 12.0. The molecular weight excluding hydrogens is 230 g/mol. The Kier molecular flexibility index (Phi) is 3.33. The van der Waals surface area contributed by atoms with E-state index in [-0.39, 0.29) is 0 Å². The van der Waals surface area contributed by atoms with Crippen molar-refractivity contribution >= 4 is 0 Å². The van der Waals surface area contributed by atoms with Crippen LogP contribution in [0.5, 0.6) is 0 Å². The van der Waals surface area contributed by atoms with E-state index in [2.05, 4.69) is 60.7 Å². The summed E-state index contributed by atoms with van der Waals surface area (Å²) >= 11 is 0. The van der Waals surface area contributed by atoms with Crippen molar-refractivity contribution in [1.82, 2.24) is 0 Å². The quantitative estimate of drug-likeness (QED) is 0.777.